The SMILES string of the molecule is Cc1ccccc1-c1cc(-c2c(-c3ccc(Cl)cc3Cl)nc3ccccn23)[nH]c(=S)n1. The van der Waals surface area contributed by atoms with E-state index in [-0.39, 0.29) is 0 Å². The number of hydrogen-bond acceptors (Lipinski definition) is 3. The zero-order chi connectivity index (χ0) is 21.5. The van der Waals surface area contributed by atoms with E-state index in [0.29, 0.717) is 14.8 Å². The van der Waals surface area contributed by atoms with Crippen molar-refractivity contribution in [3.8, 4) is 33.9 Å². The van der Waals surface area contributed by atoms with E-state index in [1.807, 2.05) is 65.2 Å². The van der Waals surface area contributed by atoms with Crippen LogP contribution in [0.25, 0.3) is 39.5 Å². The van der Waals surface area contributed by atoms with Gasteiger partial charge in [-0.2, -0.15) is 0 Å². The molecule has 3 heterocycles. The summed E-state index contributed by atoms with van der Waals surface area (Å²) in [4.78, 5) is 12.7. The summed E-state index contributed by atoms with van der Waals surface area (Å²) >= 11 is 18.2. The first-order valence-corrected chi connectivity index (χ1v) is 10.8. The Labute approximate surface area is 194 Å². The number of nitrogens with zero attached hydrogens (tertiary/aromatic N) is 3. The Hall–Kier alpha value is -2.99. The van der Waals surface area contributed by atoms with Crippen LogP contribution in [-0.4, -0.2) is 19.4 Å². The molecule has 0 bridgehead atoms. The molecule has 0 saturated heterocycles. The predicted octanol–water partition coefficient (Wildman–Crippen LogP) is 7.40. The molecule has 0 fully saturated rings. The molecule has 4 nitrogen and oxygen atoms in total. The number of aromatic amines is 1. The summed E-state index contributed by atoms with van der Waals surface area (Å²) in [5.74, 6) is 0. The first kappa shape index (κ1) is 19.9. The first-order valence-electron chi connectivity index (χ1n) is 9.61. The van der Waals surface area contributed by atoms with E-state index in [2.05, 4.69) is 23.0 Å². The highest BCUT2D eigenvalue weighted by Gasteiger charge is 2.19. The number of hydrogen-bond donors (Lipinski definition) is 1. The van der Waals surface area contributed by atoms with E-state index in [0.717, 1.165) is 45.1 Å². The van der Waals surface area contributed by atoms with Gasteiger partial charge >= 0.3 is 0 Å². The third kappa shape index (κ3) is 3.65. The number of nitrogens with one attached hydrogen (secondary N) is 1. The number of H-pyrrole nitrogens is 1. The van der Waals surface area contributed by atoms with Crippen molar-refractivity contribution in [2.45, 2.75) is 6.92 Å². The monoisotopic (exact) mass is 462 g/mol. The number of imidazole rings is 1. The Morgan fingerprint density at radius 3 is 2.52 bits per heavy atom. The zero-order valence-corrected chi connectivity index (χ0v) is 18.8. The number of aromatic nitrogens is 4. The van der Waals surface area contributed by atoms with Crippen LogP contribution in [-0.2, 0) is 0 Å². The summed E-state index contributed by atoms with van der Waals surface area (Å²) in [7, 11) is 0. The molecule has 0 aliphatic heterocycles. The Kier molecular flexibility index (Phi) is 5.10. The van der Waals surface area contributed by atoms with Gasteiger partial charge in [0.2, 0.25) is 0 Å². The summed E-state index contributed by atoms with van der Waals surface area (Å²) in [6.07, 6.45) is 1.97. The second-order valence-corrected chi connectivity index (χ2v) is 8.39. The molecule has 0 aliphatic rings. The Balaban J connectivity index is 1.82. The molecule has 5 aromatic rings. The van der Waals surface area contributed by atoms with E-state index >= 15 is 0 Å². The lowest BCUT2D eigenvalue weighted by Gasteiger charge is -2.10. The minimum absolute atomic E-state index is 0.398. The zero-order valence-electron chi connectivity index (χ0n) is 16.4. The second kappa shape index (κ2) is 7.93. The highest BCUT2D eigenvalue weighted by atomic mass is 35.5. The van der Waals surface area contributed by atoms with Crippen LogP contribution < -0.4 is 0 Å². The average Bonchev–Trinajstić information content (AvgIpc) is 3.13. The Morgan fingerprint density at radius 2 is 1.71 bits per heavy atom. The molecule has 1 N–H and O–H groups in total. The maximum Gasteiger partial charge on any atom is 0.197 e. The molecular weight excluding hydrogens is 447 g/mol. The van der Waals surface area contributed by atoms with Gasteiger partial charge in [0.25, 0.3) is 0 Å². The number of aryl methyl sites for hydroxylation is 1. The molecule has 31 heavy (non-hydrogen) atoms. The molecule has 0 atom stereocenters. The third-order valence-corrected chi connectivity index (χ3v) is 5.88. The quantitative estimate of drug-likeness (QED) is 0.284. The van der Waals surface area contributed by atoms with Crippen molar-refractivity contribution in [3.63, 3.8) is 0 Å². The minimum Gasteiger partial charge on any atom is -0.329 e. The largest absolute Gasteiger partial charge is 0.329 e. The molecule has 2 aromatic carbocycles. The summed E-state index contributed by atoms with van der Waals surface area (Å²) in [5.41, 5.74) is 6.94. The Morgan fingerprint density at radius 1 is 0.903 bits per heavy atom. The van der Waals surface area contributed by atoms with Crippen LogP contribution in [0.5, 0.6) is 0 Å². The lowest BCUT2D eigenvalue weighted by atomic mass is 10.0. The van der Waals surface area contributed by atoms with Crippen LogP contribution in [0.3, 0.4) is 0 Å². The van der Waals surface area contributed by atoms with Gasteiger partial charge in [0, 0.05) is 22.3 Å². The highest BCUT2D eigenvalue weighted by Crippen LogP contribution is 2.37. The molecular formula is C24H16Cl2N4S. The first-order chi connectivity index (χ1) is 15.0. The molecule has 0 aliphatic carbocycles. The number of fused-ring (bicyclic) bond motifs is 1. The molecule has 0 radical (unpaired) electrons. The van der Waals surface area contributed by atoms with Gasteiger partial charge in [0.05, 0.1) is 22.1 Å². The summed E-state index contributed by atoms with van der Waals surface area (Å²) in [5, 5.41) is 1.10. The summed E-state index contributed by atoms with van der Waals surface area (Å²) in [6, 6.07) is 21.4. The predicted molar refractivity (Wildman–Crippen MR) is 129 cm³/mol. The van der Waals surface area contributed by atoms with Gasteiger partial charge in [-0.15, -0.1) is 0 Å². The van der Waals surface area contributed by atoms with Crippen molar-refractivity contribution in [2.75, 3.05) is 0 Å². The van der Waals surface area contributed by atoms with Gasteiger partial charge in [-0.1, -0.05) is 53.5 Å². The van der Waals surface area contributed by atoms with Crippen LogP contribution in [0.15, 0.2) is 72.9 Å². The van der Waals surface area contributed by atoms with E-state index in [1.165, 1.54) is 0 Å². The normalized spacial score (nSPS) is 11.2. The van der Waals surface area contributed by atoms with Crippen molar-refractivity contribution in [3.05, 3.63) is 93.3 Å². The molecule has 0 saturated carbocycles. The van der Waals surface area contributed by atoms with Crippen molar-refractivity contribution in [1.82, 2.24) is 19.4 Å². The van der Waals surface area contributed by atoms with Gasteiger partial charge in [0.15, 0.2) is 4.77 Å². The third-order valence-electron chi connectivity index (χ3n) is 5.14. The van der Waals surface area contributed by atoms with Crippen molar-refractivity contribution in [1.29, 1.82) is 0 Å². The number of halogens is 2. The highest BCUT2D eigenvalue weighted by molar-refractivity contribution is 7.71. The number of rotatable bonds is 3. The molecule has 5 rings (SSSR count). The molecule has 0 spiro atoms. The lowest BCUT2D eigenvalue weighted by molar-refractivity contribution is 1.11. The number of pyridine rings is 1. The fourth-order valence-electron chi connectivity index (χ4n) is 3.71. The van der Waals surface area contributed by atoms with Gasteiger partial charge in [0.1, 0.15) is 11.3 Å². The molecule has 152 valence electrons. The molecule has 3 aromatic heterocycles. The number of benzene rings is 2. The van der Waals surface area contributed by atoms with Gasteiger partial charge in [-0.3, -0.25) is 4.40 Å². The van der Waals surface area contributed by atoms with Crippen LogP contribution >= 0.6 is 35.4 Å². The van der Waals surface area contributed by atoms with Crippen LogP contribution in [0.1, 0.15) is 5.56 Å². The lowest BCUT2D eigenvalue weighted by Crippen LogP contribution is -1.97. The van der Waals surface area contributed by atoms with Crippen molar-refractivity contribution in [2.24, 2.45) is 0 Å². The molecule has 7 heteroatoms. The molecule has 0 unspecified atom stereocenters. The maximum atomic E-state index is 6.55. The second-order valence-electron chi connectivity index (χ2n) is 7.16. The minimum atomic E-state index is 0.398. The standard InChI is InChI=1S/C24H16Cl2N4S/c1-14-6-2-3-7-16(14)19-13-20(28-24(31)27-19)23-22(17-10-9-15(25)12-18(17)26)29-21-8-4-5-11-30(21)23/h2-13H,1H3,(H,27,28,31). The fraction of sp³-hybridized carbons (Fsp3) is 0.0417. The summed E-state index contributed by atoms with van der Waals surface area (Å²) < 4.78 is 2.41. The van der Waals surface area contributed by atoms with E-state index in [9.17, 15) is 0 Å². The van der Waals surface area contributed by atoms with Gasteiger partial charge < -0.3 is 4.98 Å². The van der Waals surface area contributed by atoms with E-state index in [1.54, 1.807) is 6.07 Å². The van der Waals surface area contributed by atoms with Crippen molar-refractivity contribution < 1.29 is 0 Å². The topological polar surface area (TPSA) is 46.0 Å². The maximum absolute atomic E-state index is 6.55. The van der Waals surface area contributed by atoms with Gasteiger partial charge in [-0.05, 0) is 61.1 Å². The molecule has 0 amide bonds. The van der Waals surface area contributed by atoms with Gasteiger partial charge in [-0.25, -0.2) is 9.97 Å². The summed E-state index contributed by atoms with van der Waals surface area (Å²) in [6.45, 7) is 2.06. The van der Waals surface area contributed by atoms with Crippen LogP contribution in [0.2, 0.25) is 10.0 Å². The Bertz CT molecular complexity index is 1500. The van der Waals surface area contributed by atoms with Crippen molar-refractivity contribution >= 4 is 41.1 Å². The average molecular weight is 463 g/mol. The fourth-order valence-corrected chi connectivity index (χ4v) is 4.41. The smallest absolute Gasteiger partial charge is 0.197 e. The van der Waals surface area contributed by atoms with E-state index < -0.39 is 0 Å². The van der Waals surface area contributed by atoms with Crippen LogP contribution in [0.4, 0.5) is 0 Å². The van der Waals surface area contributed by atoms with E-state index in [4.69, 9.17) is 40.4 Å². The van der Waals surface area contributed by atoms with Crippen LogP contribution in [0, 0.1) is 11.7 Å².